The van der Waals surface area contributed by atoms with Crippen LogP contribution in [0.25, 0.3) is 0 Å². The first-order valence-corrected chi connectivity index (χ1v) is 9.52. The van der Waals surface area contributed by atoms with Gasteiger partial charge in [0.15, 0.2) is 0 Å². The summed E-state index contributed by atoms with van der Waals surface area (Å²) < 4.78 is 36.0. The predicted octanol–water partition coefficient (Wildman–Crippen LogP) is 3.18. The first-order valence-electron chi connectivity index (χ1n) is 8.19. The summed E-state index contributed by atoms with van der Waals surface area (Å²) in [5, 5.41) is 0. The van der Waals surface area contributed by atoms with E-state index >= 15 is 0 Å². The molecule has 5 nitrogen and oxygen atoms in total. The fraction of sp³-hybridized carbons (Fsp3) is 1.00. The van der Waals surface area contributed by atoms with Gasteiger partial charge < -0.3 is 9.04 Å². The Hall–Kier alpha value is -0.170. The second-order valence-electron chi connectivity index (χ2n) is 6.44. The third-order valence-corrected chi connectivity index (χ3v) is 4.21. The van der Waals surface area contributed by atoms with E-state index in [1.54, 1.807) is 0 Å². The van der Waals surface area contributed by atoms with Crippen molar-refractivity contribution in [3.8, 4) is 0 Å². The van der Waals surface area contributed by atoms with Gasteiger partial charge in [-0.15, -0.1) is 0 Å². The molecule has 0 rings (SSSR count). The number of unbranched alkanes of at least 4 members (excludes halogenated alkanes) is 7. The quantitative estimate of drug-likeness (QED) is 0.213. The van der Waals surface area contributed by atoms with Crippen LogP contribution in [0.4, 0.5) is 0 Å². The molecular formula is C15H34NO4S+. The topological polar surface area (TPSA) is 66.4 Å². The Bertz CT molecular complexity index is 347. The minimum absolute atomic E-state index is 0. The third kappa shape index (κ3) is 16.0. The van der Waals surface area contributed by atoms with E-state index in [1.165, 1.54) is 51.4 Å². The summed E-state index contributed by atoms with van der Waals surface area (Å²) in [6, 6.07) is 0. The lowest BCUT2D eigenvalue weighted by Gasteiger charge is -2.30. The Balaban J connectivity index is 0. The number of nitrogens with zero attached hydrogens (tertiary/aromatic N) is 1. The predicted molar refractivity (Wildman–Crippen MR) is 85.8 cm³/mol. The van der Waals surface area contributed by atoms with Gasteiger partial charge in [-0.05, 0) is 12.8 Å². The molecule has 0 aliphatic heterocycles. The van der Waals surface area contributed by atoms with Gasteiger partial charge in [-0.25, -0.2) is 8.42 Å². The normalized spacial score (nSPS) is 12.8. The van der Waals surface area contributed by atoms with Crippen LogP contribution in [0, 0.1) is 0 Å². The van der Waals surface area contributed by atoms with Gasteiger partial charge in [-0.3, -0.25) is 4.18 Å². The number of hydrogen-bond donors (Lipinski definition) is 0. The van der Waals surface area contributed by atoms with Crippen LogP contribution in [0.2, 0.25) is 0 Å². The van der Waals surface area contributed by atoms with Crippen molar-refractivity contribution in [1.29, 1.82) is 0 Å². The molecule has 0 saturated carbocycles. The van der Waals surface area contributed by atoms with Crippen molar-refractivity contribution in [2.24, 2.45) is 0 Å². The van der Waals surface area contributed by atoms with Gasteiger partial charge in [0, 0.05) is 6.42 Å². The molecule has 0 unspecified atom stereocenters. The molecule has 0 aliphatic carbocycles. The molecule has 0 saturated heterocycles. The molecule has 0 N–H and O–H groups in total. The van der Waals surface area contributed by atoms with Crippen LogP contribution in [0.3, 0.4) is 0 Å². The molecule has 0 aliphatic rings. The second-order valence-corrected chi connectivity index (χ2v) is 7.49. The van der Waals surface area contributed by atoms with Crippen molar-refractivity contribution in [2.45, 2.75) is 64.7 Å². The summed E-state index contributed by atoms with van der Waals surface area (Å²) in [5.74, 6) is 0. The SMILES string of the molecule is CCCCCCCCCC[N+](C)(C)CCCOS(=O)(=O)[O-].[H+]. The van der Waals surface area contributed by atoms with E-state index in [2.05, 4.69) is 25.2 Å². The molecule has 21 heavy (non-hydrogen) atoms. The van der Waals surface area contributed by atoms with E-state index in [0.29, 0.717) is 6.42 Å². The highest BCUT2D eigenvalue weighted by Gasteiger charge is 2.14. The summed E-state index contributed by atoms with van der Waals surface area (Å²) in [5.41, 5.74) is 0. The van der Waals surface area contributed by atoms with Gasteiger partial charge in [0.1, 0.15) is 0 Å². The lowest BCUT2D eigenvalue weighted by molar-refractivity contribution is -0.890. The molecule has 0 aromatic rings. The Morgan fingerprint density at radius 3 is 1.90 bits per heavy atom. The van der Waals surface area contributed by atoms with Crippen LogP contribution >= 0.6 is 0 Å². The standard InChI is InChI=1S/C15H33NO4S/c1-4-5-6-7-8-9-10-11-13-16(2,3)14-12-15-20-21(17,18)19/h4-15H2,1-3H3/p+1. The van der Waals surface area contributed by atoms with E-state index in [0.717, 1.165) is 17.6 Å². The fourth-order valence-electron chi connectivity index (χ4n) is 2.44. The monoisotopic (exact) mass is 324 g/mol. The molecule has 0 fully saturated rings. The van der Waals surface area contributed by atoms with Crippen LogP contribution in [0.15, 0.2) is 0 Å². The van der Waals surface area contributed by atoms with Crippen LogP contribution < -0.4 is 0 Å². The summed E-state index contributed by atoms with van der Waals surface area (Å²) >= 11 is 0. The number of quaternary nitrogens is 1. The molecule has 0 atom stereocenters. The Morgan fingerprint density at radius 1 is 0.905 bits per heavy atom. The minimum atomic E-state index is -4.53. The lowest BCUT2D eigenvalue weighted by atomic mass is 10.1. The van der Waals surface area contributed by atoms with Gasteiger partial charge in [-0.2, -0.15) is 0 Å². The Labute approximate surface area is 132 Å². The van der Waals surface area contributed by atoms with Gasteiger partial charge in [0.05, 0.1) is 33.8 Å². The second kappa shape index (κ2) is 11.4. The summed E-state index contributed by atoms with van der Waals surface area (Å²) in [6.45, 7) is 4.13. The average Bonchev–Trinajstić information content (AvgIpc) is 2.37. The molecular weight excluding hydrogens is 290 g/mol. The molecule has 0 bridgehead atoms. The van der Waals surface area contributed by atoms with E-state index in [1.807, 2.05) is 0 Å². The maximum atomic E-state index is 10.3. The lowest BCUT2D eigenvalue weighted by Crippen LogP contribution is -2.41. The van der Waals surface area contributed by atoms with Gasteiger partial charge in [0.25, 0.3) is 0 Å². The summed E-state index contributed by atoms with van der Waals surface area (Å²) in [4.78, 5) is 0. The summed E-state index contributed by atoms with van der Waals surface area (Å²) in [6.07, 6.45) is 11.1. The van der Waals surface area contributed by atoms with Crippen LogP contribution in [0.5, 0.6) is 0 Å². The highest BCUT2D eigenvalue weighted by atomic mass is 32.3. The zero-order chi connectivity index (χ0) is 16.2. The molecule has 0 aromatic heterocycles. The highest BCUT2D eigenvalue weighted by molar-refractivity contribution is 7.80. The van der Waals surface area contributed by atoms with Crippen molar-refractivity contribution < 1.29 is 23.1 Å². The smallest absolute Gasteiger partial charge is 0.726 e. The van der Waals surface area contributed by atoms with Gasteiger partial charge >= 0.3 is 1.43 Å². The van der Waals surface area contributed by atoms with E-state index < -0.39 is 10.4 Å². The van der Waals surface area contributed by atoms with Gasteiger partial charge in [0.2, 0.25) is 10.4 Å². The molecule has 0 amide bonds. The Morgan fingerprint density at radius 2 is 1.38 bits per heavy atom. The van der Waals surface area contributed by atoms with Crippen molar-refractivity contribution in [3.63, 3.8) is 0 Å². The van der Waals surface area contributed by atoms with E-state index in [-0.39, 0.29) is 8.03 Å². The number of hydrogen-bond acceptors (Lipinski definition) is 4. The maximum Gasteiger partial charge on any atom is 1.00 e. The first kappa shape index (κ1) is 20.8. The number of rotatable bonds is 14. The molecule has 0 radical (unpaired) electrons. The van der Waals surface area contributed by atoms with Crippen molar-refractivity contribution in [1.82, 2.24) is 0 Å². The van der Waals surface area contributed by atoms with Crippen LogP contribution in [-0.2, 0) is 14.6 Å². The molecule has 128 valence electrons. The Kier molecular flexibility index (Phi) is 11.3. The average molecular weight is 325 g/mol. The summed E-state index contributed by atoms with van der Waals surface area (Å²) in [7, 11) is -0.269. The molecule has 0 heterocycles. The molecule has 0 aromatic carbocycles. The fourth-order valence-corrected chi connectivity index (χ4v) is 2.76. The van der Waals surface area contributed by atoms with Crippen molar-refractivity contribution >= 4 is 10.4 Å². The van der Waals surface area contributed by atoms with Crippen molar-refractivity contribution in [2.75, 3.05) is 33.8 Å². The van der Waals surface area contributed by atoms with Crippen LogP contribution in [0.1, 0.15) is 66.1 Å². The molecule has 6 heteroatoms. The minimum Gasteiger partial charge on any atom is -0.726 e. The zero-order valence-corrected chi connectivity index (χ0v) is 14.8. The largest absolute Gasteiger partial charge is 1.00 e. The van der Waals surface area contributed by atoms with Crippen molar-refractivity contribution in [3.05, 3.63) is 0 Å². The molecule has 0 spiro atoms. The zero-order valence-electron chi connectivity index (χ0n) is 15.0. The van der Waals surface area contributed by atoms with E-state index in [4.69, 9.17) is 0 Å². The van der Waals surface area contributed by atoms with E-state index in [9.17, 15) is 13.0 Å². The maximum absolute atomic E-state index is 10.3. The van der Waals surface area contributed by atoms with Gasteiger partial charge in [-0.1, -0.05) is 45.4 Å². The third-order valence-electron chi connectivity index (χ3n) is 3.75. The van der Waals surface area contributed by atoms with Crippen LogP contribution in [-0.4, -0.2) is 51.2 Å². The highest BCUT2D eigenvalue weighted by Crippen LogP contribution is 2.10. The first-order chi connectivity index (χ1) is 9.77.